The van der Waals surface area contributed by atoms with E-state index in [2.05, 4.69) is 42.8 Å². The maximum atomic E-state index is 6.41. The van der Waals surface area contributed by atoms with Crippen LogP contribution in [0.3, 0.4) is 0 Å². The lowest BCUT2D eigenvalue weighted by Crippen LogP contribution is -1.99. The summed E-state index contributed by atoms with van der Waals surface area (Å²) in [4.78, 5) is 8.94. The summed E-state index contributed by atoms with van der Waals surface area (Å²) in [5.41, 5.74) is 3.47. The Kier molecular flexibility index (Phi) is 3.62. The van der Waals surface area contributed by atoms with Crippen LogP contribution in [0.15, 0.2) is 30.5 Å². The van der Waals surface area contributed by atoms with Crippen molar-refractivity contribution in [2.45, 2.75) is 6.92 Å². The summed E-state index contributed by atoms with van der Waals surface area (Å²) >= 11 is 15.0. The average molecular weight is 456 g/mol. The van der Waals surface area contributed by atoms with Gasteiger partial charge in [-0.2, -0.15) is 0 Å². The van der Waals surface area contributed by atoms with Gasteiger partial charge in [-0.05, 0) is 53.8 Å². The van der Waals surface area contributed by atoms with E-state index in [-0.39, 0.29) is 0 Å². The number of benzene rings is 1. The molecule has 8 heteroatoms. The van der Waals surface area contributed by atoms with Crippen molar-refractivity contribution in [1.82, 2.24) is 24.6 Å². The maximum Gasteiger partial charge on any atom is 0.184 e. The Balaban J connectivity index is 2.18. The highest BCUT2D eigenvalue weighted by atomic mass is 127. The van der Waals surface area contributed by atoms with E-state index in [0.717, 1.165) is 14.8 Å². The minimum absolute atomic E-state index is 0.523. The number of rotatable bonds is 1. The summed E-state index contributed by atoms with van der Waals surface area (Å²) in [5.74, 6) is 0.556. The third-order valence-electron chi connectivity index (χ3n) is 3.48. The van der Waals surface area contributed by atoms with E-state index in [9.17, 15) is 0 Å². The fourth-order valence-electron chi connectivity index (χ4n) is 2.52. The molecular formula is C15H8Cl2IN5. The van der Waals surface area contributed by atoms with E-state index in [1.54, 1.807) is 6.20 Å². The molecule has 0 spiro atoms. The molecule has 0 radical (unpaired) electrons. The van der Waals surface area contributed by atoms with Crippen molar-refractivity contribution in [3.63, 3.8) is 0 Å². The van der Waals surface area contributed by atoms with Crippen LogP contribution >= 0.6 is 45.8 Å². The Morgan fingerprint density at radius 1 is 1.09 bits per heavy atom. The van der Waals surface area contributed by atoms with E-state index in [4.69, 9.17) is 23.2 Å². The standard InChI is InChI=1S/C15H8Cl2IN5/c1-7-13-21-22-15(12-9(16)5-8(18)6-10(12)17)23(13)14-11(20-7)3-2-4-19-14/h2-6H,1H3. The van der Waals surface area contributed by atoms with Gasteiger partial charge in [0, 0.05) is 9.77 Å². The van der Waals surface area contributed by atoms with Gasteiger partial charge in [0.25, 0.3) is 0 Å². The van der Waals surface area contributed by atoms with Crippen molar-refractivity contribution < 1.29 is 0 Å². The summed E-state index contributed by atoms with van der Waals surface area (Å²) in [6.07, 6.45) is 1.71. The van der Waals surface area contributed by atoms with Crippen LogP contribution in [-0.4, -0.2) is 24.6 Å². The molecule has 0 amide bonds. The number of aryl methyl sites for hydroxylation is 1. The van der Waals surface area contributed by atoms with Gasteiger partial charge >= 0.3 is 0 Å². The van der Waals surface area contributed by atoms with Crippen LogP contribution in [0.25, 0.3) is 28.2 Å². The molecule has 0 bridgehead atoms. The van der Waals surface area contributed by atoms with Crippen LogP contribution in [0.1, 0.15) is 5.69 Å². The average Bonchev–Trinajstić information content (AvgIpc) is 2.92. The fourth-order valence-corrected chi connectivity index (χ4v) is 4.16. The zero-order valence-corrected chi connectivity index (χ0v) is 15.4. The first-order valence-corrected chi connectivity index (χ1v) is 8.51. The van der Waals surface area contributed by atoms with Crippen molar-refractivity contribution in [1.29, 1.82) is 0 Å². The molecule has 0 aliphatic heterocycles. The summed E-state index contributed by atoms with van der Waals surface area (Å²) in [6.45, 7) is 1.89. The first-order chi connectivity index (χ1) is 11.1. The van der Waals surface area contributed by atoms with Crippen LogP contribution in [0, 0.1) is 10.5 Å². The molecule has 0 unspecified atom stereocenters. The minimum Gasteiger partial charge on any atom is -0.255 e. The van der Waals surface area contributed by atoms with E-state index < -0.39 is 0 Å². The van der Waals surface area contributed by atoms with Gasteiger partial charge in [-0.1, -0.05) is 23.2 Å². The molecule has 0 saturated heterocycles. The summed E-state index contributed by atoms with van der Waals surface area (Å²) in [6, 6.07) is 7.42. The number of aromatic nitrogens is 5. The first kappa shape index (κ1) is 15.0. The minimum atomic E-state index is 0.523. The largest absolute Gasteiger partial charge is 0.255 e. The number of pyridine rings is 1. The fraction of sp³-hybridized carbons (Fsp3) is 0.0667. The third kappa shape index (κ3) is 2.36. The Labute approximate surface area is 154 Å². The number of hydrogen-bond acceptors (Lipinski definition) is 4. The second kappa shape index (κ2) is 5.54. The zero-order valence-electron chi connectivity index (χ0n) is 11.8. The molecule has 0 fully saturated rings. The van der Waals surface area contributed by atoms with Gasteiger partial charge in [0.05, 0.1) is 21.3 Å². The summed E-state index contributed by atoms with van der Waals surface area (Å²) in [7, 11) is 0. The van der Waals surface area contributed by atoms with Gasteiger partial charge in [0.2, 0.25) is 0 Å². The maximum absolute atomic E-state index is 6.41. The van der Waals surface area contributed by atoms with Gasteiger partial charge in [-0.25, -0.2) is 9.97 Å². The topological polar surface area (TPSA) is 56.0 Å². The van der Waals surface area contributed by atoms with Crippen LogP contribution in [0.4, 0.5) is 0 Å². The highest BCUT2D eigenvalue weighted by molar-refractivity contribution is 14.1. The Morgan fingerprint density at radius 2 is 1.83 bits per heavy atom. The number of hydrogen-bond donors (Lipinski definition) is 0. The lowest BCUT2D eigenvalue weighted by Gasteiger charge is -2.08. The Hall–Kier alpha value is -1.51. The number of nitrogens with zero attached hydrogens (tertiary/aromatic N) is 5. The second-order valence-electron chi connectivity index (χ2n) is 4.97. The van der Waals surface area contributed by atoms with Crippen LogP contribution in [-0.2, 0) is 0 Å². The van der Waals surface area contributed by atoms with Crippen LogP contribution in [0.5, 0.6) is 0 Å². The number of halogens is 3. The SMILES string of the molecule is Cc1nc2cccnc2n2c(-c3c(Cl)cc(I)cc3Cl)nnc12. The van der Waals surface area contributed by atoms with Gasteiger partial charge in [0.15, 0.2) is 17.1 Å². The summed E-state index contributed by atoms with van der Waals surface area (Å²) in [5, 5.41) is 9.58. The Morgan fingerprint density at radius 3 is 2.57 bits per heavy atom. The van der Waals surface area contributed by atoms with Crippen LogP contribution < -0.4 is 0 Å². The quantitative estimate of drug-likeness (QED) is 0.395. The molecule has 3 aromatic heterocycles. The molecule has 0 saturated carbocycles. The monoisotopic (exact) mass is 455 g/mol. The molecule has 3 heterocycles. The van der Waals surface area contributed by atoms with Crippen molar-refractivity contribution in [3.05, 3.63) is 49.8 Å². The predicted molar refractivity (Wildman–Crippen MR) is 99.0 cm³/mol. The molecular weight excluding hydrogens is 448 g/mol. The van der Waals surface area contributed by atoms with Gasteiger partial charge in [-0.15, -0.1) is 10.2 Å². The molecule has 4 aromatic rings. The molecule has 0 aliphatic rings. The van der Waals surface area contributed by atoms with Crippen LogP contribution in [0.2, 0.25) is 10.0 Å². The van der Waals surface area contributed by atoms with E-state index in [0.29, 0.717) is 32.7 Å². The lowest BCUT2D eigenvalue weighted by molar-refractivity contribution is 1.11. The van der Waals surface area contributed by atoms with Crippen molar-refractivity contribution in [2.75, 3.05) is 0 Å². The smallest absolute Gasteiger partial charge is 0.184 e. The van der Waals surface area contributed by atoms with Gasteiger partial charge < -0.3 is 0 Å². The highest BCUT2D eigenvalue weighted by Gasteiger charge is 2.19. The van der Waals surface area contributed by atoms with Gasteiger partial charge in [-0.3, -0.25) is 4.40 Å². The summed E-state index contributed by atoms with van der Waals surface area (Å²) < 4.78 is 2.80. The van der Waals surface area contributed by atoms with Crippen molar-refractivity contribution in [3.8, 4) is 11.4 Å². The molecule has 4 rings (SSSR count). The van der Waals surface area contributed by atoms with E-state index >= 15 is 0 Å². The van der Waals surface area contributed by atoms with E-state index in [1.165, 1.54) is 0 Å². The molecule has 0 atom stereocenters. The highest BCUT2D eigenvalue weighted by Crippen LogP contribution is 2.36. The molecule has 0 N–H and O–H groups in total. The van der Waals surface area contributed by atoms with Crippen molar-refractivity contribution >= 4 is 62.6 Å². The molecule has 114 valence electrons. The normalized spacial score (nSPS) is 11.5. The van der Waals surface area contributed by atoms with Gasteiger partial charge in [0.1, 0.15) is 5.52 Å². The third-order valence-corrected chi connectivity index (χ3v) is 4.70. The zero-order chi connectivity index (χ0) is 16.1. The lowest BCUT2D eigenvalue weighted by atomic mass is 10.2. The molecule has 1 aromatic carbocycles. The predicted octanol–water partition coefficient (Wildman–Crippen LogP) is 4.56. The van der Waals surface area contributed by atoms with Crippen molar-refractivity contribution in [2.24, 2.45) is 0 Å². The van der Waals surface area contributed by atoms with E-state index in [1.807, 2.05) is 35.6 Å². The molecule has 5 nitrogen and oxygen atoms in total. The first-order valence-electron chi connectivity index (χ1n) is 6.67. The Bertz CT molecular complexity index is 1050. The molecule has 0 aliphatic carbocycles. The number of fused-ring (bicyclic) bond motifs is 3. The second-order valence-corrected chi connectivity index (χ2v) is 7.03. The molecule has 23 heavy (non-hydrogen) atoms.